The maximum atomic E-state index is 9.67. The Morgan fingerprint density at radius 3 is 2.50 bits per heavy atom. The Bertz CT molecular complexity index is 127. The molecular weight excluding hydrogens is 162 g/mol. The molecule has 0 unspecified atom stereocenters. The molecule has 12 heavy (non-hydrogen) atoms. The first kappa shape index (κ1) is 11.2. The molecule has 0 saturated carbocycles. The van der Waals surface area contributed by atoms with E-state index in [-0.39, 0.29) is 13.2 Å². The van der Waals surface area contributed by atoms with Gasteiger partial charge in [0.1, 0.15) is 6.61 Å². The molecule has 0 fully saturated rings. The van der Waals surface area contributed by atoms with Crippen LogP contribution in [0, 0.1) is 16.0 Å². The van der Waals surface area contributed by atoms with Crippen molar-refractivity contribution >= 4 is 0 Å². The van der Waals surface area contributed by atoms with Crippen LogP contribution in [0.4, 0.5) is 0 Å². The average molecular weight is 177 g/mol. The van der Waals surface area contributed by atoms with Gasteiger partial charge in [-0.25, -0.2) is 0 Å². The van der Waals surface area contributed by atoms with E-state index >= 15 is 0 Å². The van der Waals surface area contributed by atoms with Crippen LogP contribution in [0.25, 0.3) is 0 Å². The number of hydrogen-bond donors (Lipinski definition) is 0. The van der Waals surface area contributed by atoms with E-state index in [1.54, 1.807) is 0 Å². The van der Waals surface area contributed by atoms with Crippen molar-refractivity contribution in [1.29, 1.82) is 0 Å². The Morgan fingerprint density at radius 2 is 2.00 bits per heavy atom. The molecule has 0 N–H and O–H groups in total. The fourth-order valence-corrected chi connectivity index (χ4v) is 0.592. The Kier molecular flexibility index (Phi) is 6.37. The smallest absolute Gasteiger partial charge is 0.294 e. The van der Waals surface area contributed by atoms with E-state index in [0.29, 0.717) is 12.5 Å². The maximum Gasteiger partial charge on any atom is 0.294 e. The Hall–Kier alpha value is -0.840. The topological polar surface area (TPSA) is 61.6 Å². The van der Waals surface area contributed by atoms with E-state index in [1.807, 2.05) is 0 Å². The van der Waals surface area contributed by atoms with Crippen molar-refractivity contribution in [2.45, 2.75) is 20.3 Å². The Labute approximate surface area is 71.8 Å². The summed E-state index contributed by atoms with van der Waals surface area (Å²) in [6.07, 6.45) is 0.971. The van der Waals surface area contributed by atoms with Gasteiger partial charge in [-0.15, -0.1) is 10.1 Å². The normalized spacial score (nSPS) is 10.2. The predicted molar refractivity (Wildman–Crippen MR) is 43.2 cm³/mol. The minimum atomic E-state index is -0.814. The van der Waals surface area contributed by atoms with Crippen LogP contribution in [-0.2, 0) is 9.57 Å². The summed E-state index contributed by atoms with van der Waals surface area (Å²) in [6, 6.07) is 0. The van der Waals surface area contributed by atoms with E-state index in [9.17, 15) is 10.1 Å². The molecule has 0 aromatic heterocycles. The molecular formula is C7H15NO4. The zero-order valence-corrected chi connectivity index (χ0v) is 7.49. The van der Waals surface area contributed by atoms with E-state index in [0.717, 1.165) is 6.42 Å². The highest BCUT2D eigenvalue weighted by atomic mass is 17.0. The van der Waals surface area contributed by atoms with Crippen LogP contribution in [0.2, 0.25) is 0 Å². The lowest BCUT2D eigenvalue weighted by Gasteiger charge is -2.04. The van der Waals surface area contributed by atoms with Crippen LogP contribution < -0.4 is 0 Å². The quantitative estimate of drug-likeness (QED) is 0.333. The van der Waals surface area contributed by atoms with Gasteiger partial charge in [0, 0.05) is 6.61 Å². The monoisotopic (exact) mass is 177 g/mol. The van der Waals surface area contributed by atoms with E-state index in [1.165, 1.54) is 0 Å². The van der Waals surface area contributed by atoms with E-state index < -0.39 is 5.09 Å². The summed E-state index contributed by atoms with van der Waals surface area (Å²) in [7, 11) is 0. The van der Waals surface area contributed by atoms with Crippen molar-refractivity contribution < 1.29 is 14.7 Å². The van der Waals surface area contributed by atoms with Gasteiger partial charge in [0.15, 0.2) is 0 Å². The summed E-state index contributed by atoms with van der Waals surface area (Å²) >= 11 is 0. The standard InChI is InChI=1S/C7H15NO4/c1-7(2)3-4-11-5-6-12-8(9)10/h7H,3-6H2,1-2H3. The van der Waals surface area contributed by atoms with Crippen molar-refractivity contribution in [3.63, 3.8) is 0 Å². The highest BCUT2D eigenvalue weighted by molar-refractivity contribution is 4.41. The molecule has 5 heteroatoms. The molecule has 0 aliphatic carbocycles. The summed E-state index contributed by atoms with van der Waals surface area (Å²) < 4.78 is 5.07. The molecule has 72 valence electrons. The van der Waals surface area contributed by atoms with Gasteiger partial charge in [0.05, 0.1) is 6.61 Å². The van der Waals surface area contributed by atoms with Crippen LogP contribution in [0.1, 0.15) is 20.3 Å². The van der Waals surface area contributed by atoms with Crippen LogP contribution in [0.5, 0.6) is 0 Å². The van der Waals surface area contributed by atoms with Crippen molar-refractivity contribution in [3.8, 4) is 0 Å². The fourth-order valence-electron chi connectivity index (χ4n) is 0.592. The zero-order chi connectivity index (χ0) is 9.40. The molecule has 0 rings (SSSR count). The lowest BCUT2D eigenvalue weighted by Crippen LogP contribution is -2.09. The molecule has 0 atom stereocenters. The van der Waals surface area contributed by atoms with Gasteiger partial charge in [0.2, 0.25) is 0 Å². The number of hydrogen-bond acceptors (Lipinski definition) is 4. The Balaban J connectivity index is 2.96. The molecule has 5 nitrogen and oxygen atoms in total. The molecule has 0 spiro atoms. The predicted octanol–water partition coefficient (Wildman–Crippen LogP) is 1.26. The van der Waals surface area contributed by atoms with Gasteiger partial charge in [-0.3, -0.25) is 0 Å². The van der Waals surface area contributed by atoms with Gasteiger partial charge < -0.3 is 9.57 Å². The minimum absolute atomic E-state index is 0.0189. The van der Waals surface area contributed by atoms with Gasteiger partial charge in [0.25, 0.3) is 5.09 Å². The fraction of sp³-hybridized carbons (Fsp3) is 1.00. The zero-order valence-electron chi connectivity index (χ0n) is 7.49. The molecule has 0 radical (unpaired) electrons. The van der Waals surface area contributed by atoms with Crippen LogP contribution in [0.3, 0.4) is 0 Å². The van der Waals surface area contributed by atoms with Gasteiger partial charge in [-0.05, 0) is 12.3 Å². The first-order chi connectivity index (χ1) is 5.63. The molecule has 0 bridgehead atoms. The van der Waals surface area contributed by atoms with Gasteiger partial charge in [-0.1, -0.05) is 13.8 Å². The largest absolute Gasteiger partial charge is 0.379 e. The maximum absolute atomic E-state index is 9.67. The highest BCUT2D eigenvalue weighted by Gasteiger charge is 1.95. The van der Waals surface area contributed by atoms with Gasteiger partial charge >= 0.3 is 0 Å². The van der Waals surface area contributed by atoms with E-state index in [4.69, 9.17) is 4.74 Å². The van der Waals surface area contributed by atoms with Crippen LogP contribution >= 0.6 is 0 Å². The van der Waals surface area contributed by atoms with Crippen LogP contribution in [0.15, 0.2) is 0 Å². The summed E-state index contributed by atoms with van der Waals surface area (Å²) in [5.74, 6) is 0.599. The van der Waals surface area contributed by atoms with Crippen molar-refractivity contribution in [2.75, 3.05) is 19.8 Å². The summed E-state index contributed by atoms with van der Waals surface area (Å²) in [6.45, 7) is 5.13. The summed E-state index contributed by atoms with van der Waals surface area (Å²) in [5, 5.41) is 8.85. The first-order valence-corrected chi connectivity index (χ1v) is 3.98. The second-order valence-corrected chi connectivity index (χ2v) is 2.85. The third-order valence-corrected chi connectivity index (χ3v) is 1.26. The molecule has 0 aliphatic heterocycles. The minimum Gasteiger partial charge on any atom is -0.379 e. The van der Waals surface area contributed by atoms with Gasteiger partial charge in [-0.2, -0.15) is 0 Å². The molecule has 0 heterocycles. The molecule has 0 aromatic carbocycles. The SMILES string of the molecule is CC(C)CCOCCO[N+](=O)[O-]. The molecule has 0 aliphatic rings. The highest BCUT2D eigenvalue weighted by Crippen LogP contribution is 1.98. The Morgan fingerprint density at radius 1 is 1.33 bits per heavy atom. The second kappa shape index (κ2) is 6.84. The summed E-state index contributed by atoms with van der Waals surface area (Å²) in [4.78, 5) is 13.7. The second-order valence-electron chi connectivity index (χ2n) is 2.85. The van der Waals surface area contributed by atoms with Crippen LogP contribution in [-0.4, -0.2) is 24.9 Å². The third kappa shape index (κ3) is 9.16. The first-order valence-electron chi connectivity index (χ1n) is 3.98. The molecule has 0 aromatic rings. The van der Waals surface area contributed by atoms with Crippen molar-refractivity contribution in [2.24, 2.45) is 5.92 Å². The van der Waals surface area contributed by atoms with E-state index in [2.05, 4.69) is 18.7 Å². The van der Waals surface area contributed by atoms with Crippen molar-refractivity contribution in [1.82, 2.24) is 0 Å². The average Bonchev–Trinajstić information content (AvgIpc) is 1.95. The number of rotatable bonds is 7. The molecule has 0 saturated heterocycles. The van der Waals surface area contributed by atoms with Crippen molar-refractivity contribution in [3.05, 3.63) is 10.1 Å². The third-order valence-electron chi connectivity index (χ3n) is 1.26. The molecule has 0 amide bonds. The lowest BCUT2D eigenvalue weighted by molar-refractivity contribution is -0.758. The number of nitrogens with zero attached hydrogens (tertiary/aromatic N) is 1. The lowest BCUT2D eigenvalue weighted by atomic mass is 10.1. The number of ether oxygens (including phenoxy) is 1. The summed E-state index contributed by atoms with van der Waals surface area (Å²) in [5.41, 5.74) is 0.